The summed E-state index contributed by atoms with van der Waals surface area (Å²) < 4.78 is 0. The van der Waals surface area contributed by atoms with Gasteiger partial charge in [0.05, 0.1) is 5.70 Å². The first kappa shape index (κ1) is 13.2. The van der Waals surface area contributed by atoms with Gasteiger partial charge in [-0.05, 0) is 25.8 Å². The van der Waals surface area contributed by atoms with E-state index in [1.165, 1.54) is 25.7 Å². The van der Waals surface area contributed by atoms with Crippen molar-refractivity contribution in [2.75, 3.05) is 6.54 Å². The number of allylic oxidation sites excluding steroid dienone is 1. The quantitative estimate of drug-likeness (QED) is 0.438. The summed E-state index contributed by atoms with van der Waals surface area (Å²) in [5.41, 5.74) is 11.1. The zero-order valence-electron chi connectivity index (χ0n) is 8.93. The molecule has 0 atom stereocenters. The molecule has 0 amide bonds. The molecule has 0 rings (SSSR count). The summed E-state index contributed by atoms with van der Waals surface area (Å²) in [5.74, 6) is 1.71. The van der Waals surface area contributed by atoms with Crippen LogP contribution in [-0.4, -0.2) is 12.5 Å². The van der Waals surface area contributed by atoms with Gasteiger partial charge in [-0.3, -0.25) is 0 Å². The highest BCUT2D eigenvalue weighted by molar-refractivity contribution is 5.50. The lowest BCUT2D eigenvalue weighted by Crippen LogP contribution is -1.98. The average Bonchev–Trinajstić information content (AvgIpc) is 2.21. The summed E-state index contributed by atoms with van der Waals surface area (Å²) in [7, 11) is 0. The molecule has 0 aliphatic heterocycles. The molecule has 0 spiro atoms. The van der Waals surface area contributed by atoms with Crippen LogP contribution in [0.25, 0.3) is 0 Å². The minimum atomic E-state index is 0.355. The Bertz CT molecular complexity index is 174. The van der Waals surface area contributed by atoms with Gasteiger partial charge >= 0.3 is 0 Å². The van der Waals surface area contributed by atoms with Crippen LogP contribution in [0.4, 0.5) is 0 Å². The van der Waals surface area contributed by atoms with Gasteiger partial charge in [-0.15, -0.1) is 0 Å². The highest BCUT2D eigenvalue weighted by Crippen LogP contribution is 2.09. The second-order valence-electron chi connectivity index (χ2n) is 3.64. The molecule has 82 valence electrons. The highest BCUT2D eigenvalue weighted by atomic mass is 16.1. The van der Waals surface area contributed by atoms with Crippen LogP contribution in [0, 0.1) is 0 Å². The van der Waals surface area contributed by atoms with Crippen LogP contribution in [0.3, 0.4) is 0 Å². The van der Waals surface area contributed by atoms with Gasteiger partial charge in [0.1, 0.15) is 5.94 Å². The van der Waals surface area contributed by atoms with Crippen molar-refractivity contribution in [1.29, 1.82) is 0 Å². The fourth-order valence-electron chi connectivity index (χ4n) is 1.39. The minimum absolute atomic E-state index is 0.355. The van der Waals surface area contributed by atoms with E-state index in [9.17, 15) is 4.79 Å². The van der Waals surface area contributed by atoms with E-state index in [2.05, 4.69) is 0 Å². The first-order valence-electron chi connectivity index (χ1n) is 5.50. The Labute approximate surface area is 86.5 Å². The van der Waals surface area contributed by atoms with Gasteiger partial charge in [-0.1, -0.05) is 32.1 Å². The molecule has 0 heterocycles. The van der Waals surface area contributed by atoms with E-state index in [0.717, 1.165) is 25.8 Å². The third-order valence-corrected chi connectivity index (χ3v) is 2.28. The maximum atomic E-state index is 10.0. The Morgan fingerprint density at radius 3 is 1.93 bits per heavy atom. The maximum absolute atomic E-state index is 10.0. The summed E-state index contributed by atoms with van der Waals surface area (Å²) in [4.78, 5) is 10.0. The number of rotatable bonds is 9. The van der Waals surface area contributed by atoms with E-state index in [1.54, 1.807) is 5.94 Å². The van der Waals surface area contributed by atoms with E-state index < -0.39 is 0 Å². The van der Waals surface area contributed by atoms with Gasteiger partial charge in [-0.2, -0.15) is 0 Å². The summed E-state index contributed by atoms with van der Waals surface area (Å²) in [6.07, 6.45) is 9.03. The standard InChI is InChI=1S/C11H22N2O/c12-9-7-5-3-1-2-4-6-8-11(13)10-14/h1-9,12-13H2. The van der Waals surface area contributed by atoms with Crippen LogP contribution in [0.2, 0.25) is 0 Å². The zero-order valence-corrected chi connectivity index (χ0v) is 8.93. The van der Waals surface area contributed by atoms with Crippen molar-refractivity contribution >= 4 is 5.94 Å². The van der Waals surface area contributed by atoms with Crippen LogP contribution in [0.15, 0.2) is 5.70 Å². The molecule has 0 radical (unpaired) electrons. The van der Waals surface area contributed by atoms with E-state index in [0.29, 0.717) is 12.1 Å². The first-order valence-corrected chi connectivity index (χ1v) is 5.50. The topological polar surface area (TPSA) is 69.1 Å². The monoisotopic (exact) mass is 198 g/mol. The smallest absolute Gasteiger partial charge is 0.145 e. The second kappa shape index (κ2) is 10.3. The third kappa shape index (κ3) is 9.30. The molecule has 0 aromatic carbocycles. The lowest BCUT2D eigenvalue weighted by atomic mass is 10.1. The molecule has 3 nitrogen and oxygen atoms in total. The molecule has 0 unspecified atom stereocenters. The van der Waals surface area contributed by atoms with Crippen molar-refractivity contribution in [2.24, 2.45) is 11.5 Å². The fourth-order valence-corrected chi connectivity index (χ4v) is 1.39. The van der Waals surface area contributed by atoms with E-state index in [1.807, 2.05) is 0 Å². The van der Waals surface area contributed by atoms with Gasteiger partial charge < -0.3 is 11.5 Å². The Morgan fingerprint density at radius 1 is 0.929 bits per heavy atom. The number of hydrogen-bond acceptors (Lipinski definition) is 3. The molecule has 3 heteroatoms. The fraction of sp³-hybridized carbons (Fsp3) is 0.818. The molecule has 0 aromatic rings. The number of hydrogen-bond donors (Lipinski definition) is 2. The van der Waals surface area contributed by atoms with Crippen LogP contribution in [0.1, 0.15) is 51.4 Å². The Balaban J connectivity index is 3.03. The van der Waals surface area contributed by atoms with Crippen molar-refractivity contribution < 1.29 is 4.79 Å². The maximum Gasteiger partial charge on any atom is 0.145 e. The Morgan fingerprint density at radius 2 is 1.43 bits per heavy atom. The van der Waals surface area contributed by atoms with E-state index in [4.69, 9.17) is 11.5 Å². The number of unbranched alkanes of at least 4 members (excludes halogenated alkanes) is 6. The number of carbonyl (C=O) groups excluding carboxylic acids is 1. The molecule has 0 aromatic heterocycles. The molecule has 4 N–H and O–H groups in total. The summed E-state index contributed by atoms with van der Waals surface area (Å²) in [5, 5.41) is 0. The van der Waals surface area contributed by atoms with Crippen molar-refractivity contribution in [3.63, 3.8) is 0 Å². The largest absolute Gasteiger partial charge is 0.393 e. The zero-order chi connectivity index (χ0) is 10.6. The van der Waals surface area contributed by atoms with Gasteiger partial charge in [0.25, 0.3) is 0 Å². The third-order valence-electron chi connectivity index (χ3n) is 2.28. The van der Waals surface area contributed by atoms with E-state index in [-0.39, 0.29) is 0 Å². The molecule has 14 heavy (non-hydrogen) atoms. The van der Waals surface area contributed by atoms with Crippen LogP contribution < -0.4 is 11.5 Å². The minimum Gasteiger partial charge on any atom is -0.393 e. The predicted octanol–water partition coefficient (Wildman–Crippen LogP) is 1.74. The summed E-state index contributed by atoms with van der Waals surface area (Å²) in [6, 6.07) is 0. The lowest BCUT2D eigenvalue weighted by molar-refractivity contribution is 0.561. The predicted molar refractivity (Wildman–Crippen MR) is 59.4 cm³/mol. The molecule has 0 saturated heterocycles. The van der Waals surface area contributed by atoms with Crippen molar-refractivity contribution in [3.8, 4) is 0 Å². The molecular weight excluding hydrogens is 176 g/mol. The molecular formula is C11H22N2O. The molecule has 0 aliphatic rings. The van der Waals surface area contributed by atoms with Gasteiger partial charge in [0.2, 0.25) is 0 Å². The van der Waals surface area contributed by atoms with Crippen LogP contribution >= 0.6 is 0 Å². The molecule has 0 fully saturated rings. The Kier molecular flexibility index (Phi) is 9.71. The lowest BCUT2D eigenvalue weighted by Gasteiger charge is -2.00. The normalized spacial score (nSPS) is 9.79. The summed E-state index contributed by atoms with van der Waals surface area (Å²) >= 11 is 0. The van der Waals surface area contributed by atoms with Gasteiger partial charge in [0, 0.05) is 0 Å². The van der Waals surface area contributed by atoms with Crippen molar-refractivity contribution in [2.45, 2.75) is 51.4 Å². The molecule has 0 bridgehead atoms. The van der Waals surface area contributed by atoms with Crippen molar-refractivity contribution in [1.82, 2.24) is 0 Å². The first-order chi connectivity index (χ1) is 6.81. The second-order valence-corrected chi connectivity index (χ2v) is 3.64. The SMILES string of the molecule is NCCCCCCCCCC(N)=C=O. The van der Waals surface area contributed by atoms with Gasteiger partial charge in [-0.25, -0.2) is 4.79 Å². The highest BCUT2D eigenvalue weighted by Gasteiger charge is 1.93. The van der Waals surface area contributed by atoms with E-state index >= 15 is 0 Å². The average molecular weight is 198 g/mol. The number of nitrogens with two attached hydrogens (primary N) is 2. The van der Waals surface area contributed by atoms with Crippen LogP contribution in [-0.2, 0) is 4.79 Å². The van der Waals surface area contributed by atoms with Gasteiger partial charge in [0.15, 0.2) is 0 Å². The summed E-state index contributed by atoms with van der Waals surface area (Å²) in [6.45, 7) is 0.806. The molecule has 0 saturated carbocycles. The molecule has 0 aliphatic carbocycles. The Hall–Kier alpha value is -0.790. The van der Waals surface area contributed by atoms with Crippen molar-refractivity contribution in [3.05, 3.63) is 5.70 Å². The van der Waals surface area contributed by atoms with Crippen LogP contribution in [0.5, 0.6) is 0 Å².